The van der Waals surface area contributed by atoms with Crippen LogP contribution in [-0.2, 0) is 11.3 Å². The standard InChI is InChI=1S/C13H16N2O3S/c16-11-7-6-10(12(17)18)15(11)13(19)14-8-9-4-2-1-3-5-9/h1-5,10-11,16H,6-8H2,(H,14,19)(H,17,18)/t10-,11-/m0/s1. The molecule has 6 heteroatoms. The second-order valence-electron chi connectivity index (χ2n) is 4.46. The van der Waals surface area contributed by atoms with Gasteiger partial charge in [-0.1, -0.05) is 30.3 Å². The van der Waals surface area contributed by atoms with Crippen molar-refractivity contribution in [3.8, 4) is 0 Å². The van der Waals surface area contributed by atoms with Crippen LogP contribution in [0.1, 0.15) is 18.4 Å². The molecule has 5 nitrogen and oxygen atoms in total. The largest absolute Gasteiger partial charge is 0.480 e. The predicted molar refractivity (Wildman–Crippen MR) is 74.4 cm³/mol. The van der Waals surface area contributed by atoms with Crippen molar-refractivity contribution < 1.29 is 15.0 Å². The van der Waals surface area contributed by atoms with Crippen molar-refractivity contribution in [2.45, 2.75) is 31.7 Å². The molecule has 102 valence electrons. The summed E-state index contributed by atoms with van der Waals surface area (Å²) >= 11 is 5.18. The Hall–Kier alpha value is -1.66. The number of hydrogen-bond donors (Lipinski definition) is 3. The van der Waals surface area contributed by atoms with E-state index in [1.54, 1.807) is 0 Å². The number of aliphatic hydroxyl groups is 1. The van der Waals surface area contributed by atoms with Gasteiger partial charge >= 0.3 is 5.97 Å². The molecule has 2 atom stereocenters. The molecule has 0 radical (unpaired) electrons. The van der Waals surface area contributed by atoms with Crippen LogP contribution in [0.5, 0.6) is 0 Å². The summed E-state index contributed by atoms with van der Waals surface area (Å²) in [6.07, 6.45) is 0.00482. The highest BCUT2D eigenvalue weighted by Crippen LogP contribution is 2.22. The summed E-state index contributed by atoms with van der Waals surface area (Å²) in [6.45, 7) is 0.509. The second-order valence-corrected chi connectivity index (χ2v) is 4.85. The van der Waals surface area contributed by atoms with Crippen LogP contribution in [0.15, 0.2) is 30.3 Å². The smallest absolute Gasteiger partial charge is 0.326 e. The molecule has 1 aromatic carbocycles. The van der Waals surface area contributed by atoms with E-state index in [-0.39, 0.29) is 5.11 Å². The summed E-state index contributed by atoms with van der Waals surface area (Å²) in [7, 11) is 0. The Labute approximate surface area is 116 Å². The first-order valence-electron chi connectivity index (χ1n) is 6.10. The molecule has 2 rings (SSSR count). The number of benzene rings is 1. The first kappa shape index (κ1) is 13.8. The zero-order chi connectivity index (χ0) is 13.8. The van der Waals surface area contributed by atoms with E-state index in [9.17, 15) is 9.90 Å². The number of aliphatic hydroxyl groups excluding tert-OH is 1. The van der Waals surface area contributed by atoms with Gasteiger partial charge in [0, 0.05) is 6.54 Å². The zero-order valence-corrected chi connectivity index (χ0v) is 11.1. The minimum absolute atomic E-state index is 0.279. The molecule has 1 aliphatic heterocycles. The van der Waals surface area contributed by atoms with Crippen LogP contribution in [0.2, 0.25) is 0 Å². The third-order valence-electron chi connectivity index (χ3n) is 3.16. The van der Waals surface area contributed by atoms with Crippen molar-refractivity contribution in [3.63, 3.8) is 0 Å². The van der Waals surface area contributed by atoms with Gasteiger partial charge in [0.25, 0.3) is 0 Å². The van der Waals surface area contributed by atoms with E-state index in [1.807, 2.05) is 30.3 Å². The molecule has 3 N–H and O–H groups in total. The maximum absolute atomic E-state index is 11.1. The van der Waals surface area contributed by atoms with Gasteiger partial charge in [-0.25, -0.2) is 4.79 Å². The fraction of sp³-hybridized carbons (Fsp3) is 0.385. The van der Waals surface area contributed by atoms with Gasteiger partial charge in [-0.3, -0.25) is 0 Å². The SMILES string of the molecule is O=C(O)[C@@H]1CC[C@H](O)N1C(=S)NCc1ccccc1. The summed E-state index contributed by atoms with van der Waals surface area (Å²) < 4.78 is 0. The normalized spacial score (nSPS) is 22.3. The van der Waals surface area contributed by atoms with Crippen LogP contribution in [0.3, 0.4) is 0 Å². The van der Waals surface area contributed by atoms with Crippen molar-refractivity contribution in [1.29, 1.82) is 0 Å². The van der Waals surface area contributed by atoms with Crippen molar-refractivity contribution in [1.82, 2.24) is 10.2 Å². The average Bonchev–Trinajstić information content (AvgIpc) is 2.79. The van der Waals surface area contributed by atoms with Gasteiger partial charge < -0.3 is 20.4 Å². The number of rotatable bonds is 3. The maximum Gasteiger partial charge on any atom is 0.326 e. The highest BCUT2D eigenvalue weighted by Gasteiger charge is 2.38. The fourth-order valence-corrected chi connectivity index (χ4v) is 2.50. The topological polar surface area (TPSA) is 72.8 Å². The molecule has 1 saturated heterocycles. The predicted octanol–water partition coefficient (Wildman–Crippen LogP) is 0.928. The lowest BCUT2D eigenvalue weighted by molar-refractivity contribution is -0.142. The number of carboxylic acid groups (broad SMARTS) is 1. The Morgan fingerprint density at radius 1 is 1.37 bits per heavy atom. The van der Waals surface area contributed by atoms with Gasteiger partial charge in [0.2, 0.25) is 0 Å². The van der Waals surface area contributed by atoms with Crippen LogP contribution in [0, 0.1) is 0 Å². The molecule has 1 aromatic rings. The van der Waals surface area contributed by atoms with Crippen molar-refractivity contribution in [3.05, 3.63) is 35.9 Å². The number of nitrogens with one attached hydrogen (secondary N) is 1. The number of likely N-dealkylation sites (tertiary alicyclic amines) is 1. The number of nitrogens with zero attached hydrogens (tertiary/aromatic N) is 1. The molecule has 19 heavy (non-hydrogen) atoms. The number of hydrogen-bond acceptors (Lipinski definition) is 3. The Balaban J connectivity index is 1.97. The van der Waals surface area contributed by atoms with E-state index < -0.39 is 18.2 Å². The van der Waals surface area contributed by atoms with Gasteiger partial charge in [-0.15, -0.1) is 0 Å². The first-order valence-corrected chi connectivity index (χ1v) is 6.51. The van der Waals surface area contributed by atoms with Crippen LogP contribution < -0.4 is 5.32 Å². The Morgan fingerprint density at radius 3 is 2.68 bits per heavy atom. The van der Waals surface area contributed by atoms with Crippen molar-refractivity contribution in [2.75, 3.05) is 0 Å². The van der Waals surface area contributed by atoms with E-state index in [1.165, 1.54) is 4.90 Å². The fourth-order valence-electron chi connectivity index (χ4n) is 2.18. The zero-order valence-electron chi connectivity index (χ0n) is 10.3. The molecule has 0 bridgehead atoms. The third kappa shape index (κ3) is 3.21. The molecule has 0 unspecified atom stereocenters. The summed E-state index contributed by atoms with van der Waals surface area (Å²) in [6, 6.07) is 8.92. The molecule has 1 heterocycles. The van der Waals surface area contributed by atoms with E-state index in [4.69, 9.17) is 17.3 Å². The minimum atomic E-state index is -0.958. The quantitative estimate of drug-likeness (QED) is 0.715. The van der Waals surface area contributed by atoms with E-state index >= 15 is 0 Å². The highest BCUT2D eigenvalue weighted by atomic mass is 32.1. The molecule has 0 aromatic heterocycles. The lowest BCUT2D eigenvalue weighted by Crippen LogP contribution is -2.49. The first-order chi connectivity index (χ1) is 9.09. The van der Waals surface area contributed by atoms with E-state index in [0.717, 1.165) is 5.56 Å². The summed E-state index contributed by atoms with van der Waals surface area (Å²) in [5.41, 5.74) is 1.05. The molecule has 1 aliphatic rings. The third-order valence-corrected chi connectivity index (χ3v) is 3.52. The van der Waals surface area contributed by atoms with Gasteiger partial charge in [-0.05, 0) is 30.6 Å². The number of thiocarbonyl (C=S) groups is 1. The molecule has 0 amide bonds. The van der Waals surface area contributed by atoms with E-state index in [0.29, 0.717) is 19.4 Å². The van der Waals surface area contributed by atoms with E-state index in [2.05, 4.69) is 5.32 Å². The second kappa shape index (κ2) is 5.99. The molecule has 1 fully saturated rings. The highest BCUT2D eigenvalue weighted by molar-refractivity contribution is 7.80. The lowest BCUT2D eigenvalue weighted by Gasteiger charge is -2.27. The van der Waals surface area contributed by atoms with Crippen LogP contribution >= 0.6 is 12.2 Å². The summed E-state index contributed by atoms with van der Waals surface area (Å²) in [5.74, 6) is -0.958. The lowest BCUT2D eigenvalue weighted by atomic mass is 10.2. The summed E-state index contributed by atoms with van der Waals surface area (Å²) in [4.78, 5) is 12.5. The number of carbonyl (C=O) groups is 1. The Bertz CT molecular complexity index is 466. The number of aliphatic carboxylic acids is 1. The average molecular weight is 280 g/mol. The minimum Gasteiger partial charge on any atom is -0.480 e. The Morgan fingerprint density at radius 2 is 2.05 bits per heavy atom. The Kier molecular flexibility index (Phi) is 4.34. The summed E-state index contributed by atoms with van der Waals surface area (Å²) in [5, 5.41) is 22.2. The van der Waals surface area contributed by atoms with Crippen molar-refractivity contribution in [2.24, 2.45) is 0 Å². The van der Waals surface area contributed by atoms with Crippen LogP contribution in [0.25, 0.3) is 0 Å². The van der Waals surface area contributed by atoms with Gasteiger partial charge in [0.15, 0.2) is 5.11 Å². The molecular weight excluding hydrogens is 264 g/mol. The molecular formula is C13H16N2O3S. The van der Waals surface area contributed by atoms with Gasteiger partial charge in [0.05, 0.1) is 0 Å². The van der Waals surface area contributed by atoms with Gasteiger partial charge in [-0.2, -0.15) is 0 Å². The molecule has 0 saturated carbocycles. The molecule has 0 aliphatic carbocycles. The number of carboxylic acids is 1. The maximum atomic E-state index is 11.1. The molecule has 0 spiro atoms. The monoisotopic (exact) mass is 280 g/mol. The van der Waals surface area contributed by atoms with Crippen LogP contribution in [0.4, 0.5) is 0 Å². The van der Waals surface area contributed by atoms with Crippen molar-refractivity contribution >= 4 is 23.3 Å². The van der Waals surface area contributed by atoms with Crippen LogP contribution in [-0.4, -0.2) is 38.5 Å². The van der Waals surface area contributed by atoms with Gasteiger partial charge in [0.1, 0.15) is 12.3 Å².